The van der Waals surface area contributed by atoms with Crippen LogP contribution < -0.4 is 5.43 Å². The number of nitrogens with zero attached hydrogens (tertiary/aromatic N) is 1. The van der Waals surface area contributed by atoms with E-state index in [0.717, 1.165) is 22.5 Å². The number of hydrazone groups is 1. The van der Waals surface area contributed by atoms with Gasteiger partial charge in [-0.15, -0.1) is 0 Å². The summed E-state index contributed by atoms with van der Waals surface area (Å²) in [5, 5.41) is 4.91. The Labute approximate surface area is 133 Å². The van der Waals surface area contributed by atoms with Crippen molar-refractivity contribution < 1.29 is 4.79 Å². The fourth-order valence-electron chi connectivity index (χ4n) is 2.14. The summed E-state index contributed by atoms with van der Waals surface area (Å²) in [6.45, 7) is 5.77. The van der Waals surface area contributed by atoms with Crippen molar-refractivity contribution in [3.05, 3.63) is 56.8 Å². The minimum absolute atomic E-state index is 0.295. The van der Waals surface area contributed by atoms with Crippen LogP contribution in [-0.2, 0) is 0 Å². The van der Waals surface area contributed by atoms with Gasteiger partial charge in [-0.25, -0.2) is 5.43 Å². The SMILES string of the molecule is C/C(=N\NC(=O)c1cc(Cl)ccc1Cl)c1c(C)c[nH]c1C. The molecule has 110 valence electrons. The normalized spacial score (nSPS) is 11.6. The zero-order valence-corrected chi connectivity index (χ0v) is 13.4. The lowest BCUT2D eigenvalue weighted by atomic mass is 10.1. The lowest BCUT2D eigenvalue weighted by Crippen LogP contribution is -2.20. The van der Waals surface area contributed by atoms with E-state index >= 15 is 0 Å². The summed E-state index contributed by atoms with van der Waals surface area (Å²) in [7, 11) is 0. The Hall–Kier alpha value is -1.78. The zero-order chi connectivity index (χ0) is 15.6. The summed E-state index contributed by atoms with van der Waals surface area (Å²) in [6, 6.07) is 4.72. The van der Waals surface area contributed by atoms with Crippen molar-refractivity contribution in [1.29, 1.82) is 0 Å². The number of hydrogen-bond acceptors (Lipinski definition) is 2. The van der Waals surface area contributed by atoms with Gasteiger partial charge in [-0.05, 0) is 44.5 Å². The molecule has 0 atom stereocenters. The number of aromatic nitrogens is 1. The van der Waals surface area contributed by atoms with Gasteiger partial charge in [0.15, 0.2) is 0 Å². The summed E-state index contributed by atoms with van der Waals surface area (Å²) in [5.74, 6) is -0.396. The standard InChI is InChI=1S/C15H15Cl2N3O/c1-8-7-18-9(2)14(8)10(3)19-20-15(21)12-6-11(16)4-5-13(12)17/h4-7,18H,1-3H3,(H,20,21)/b19-10+. The molecule has 21 heavy (non-hydrogen) atoms. The van der Waals surface area contributed by atoms with E-state index in [9.17, 15) is 4.79 Å². The van der Waals surface area contributed by atoms with Gasteiger partial charge in [-0.2, -0.15) is 5.10 Å². The molecule has 1 heterocycles. The molecule has 4 nitrogen and oxygen atoms in total. The third kappa shape index (κ3) is 3.46. The van der Waals surface area contributed by atoms with E-state index in [2.05, 4.69) is 15.5 Å². The van der Waals surface area contributed by atoms with Crippen LogP contribution in [0.2, 0.25) is 10.0 Å². The molecule has 0 saturated carbocycles. The highest BCUT2D eigenvalue weighted by Gasteiger charge is 2.12. The van der Waals surface area contributed by atoms with Crippen LogP contribution in [0.25, 0.3) is 0 Å². The molecule has 0 fully saturated rings. The molecule has 1 aromatic carbocycles. The maximum atomic E-state index is 12.1. The number of rotatable bonds is 3. The summed E-state index contributed by atoms with van der Waals surface area (Å²) in [4.78, 5) is 15.2. The van der Waals surface area contributed by atoms with Gasteiger partial charge in [0, 0.05) is 22.5 Å². The minimum atomic E-state index is -0.396. The molecule has 0 unspecified atom stereocenters. The fourth-order valence-corrected chi connectivity index (χ4v) is 2.51. The Balaban J connectivity index is 2.21. The molecule has 0 aliphatic heterocycles. The van der Waals surface area contributed by atoms with Crippen molar-refractivity contribution in [3.8, 4) is 0 Å². The van der Waals surface area contributed by atoms with E-state index in [-0.39, 0.29) is 0 Å². The van der Waals surface area contributed by atoms with Crippen LogP contribution >= 0.6 is 23.2 Å². The van der Waals surface area contributed by atoms with Crippen molar-refractivity contribution >= 4 is 34.8 Å². The molecule has 0 spiro atoms. The number of aromatic amines is 1. The van der Waals surface area contributed by atoms with Gasteiger partial charge in [0.05, 0.1) is 16.3 Å². The van der Waals surface area contributed by atoms with Crippen LogP contribution in [-0.4, -0.2) is 16.6 Å². The molecule has 0 bridgehead atoms. The van der Waals surface area contributed by atoms with Crippen LogP contribution in [0.1, 0.15) is 34.1 Å². The van der Waals surface area contributed by atoms with Crippen LogP contribution in [0.15, 0.2) is 29.5 Å². The maximum Gasteiger partial charge on any atom is 0.272 e. The molecule has 6 heteroatoms. The number of aryl methyl sites for hydroxylation is 2. The number of amides is 1. The summed E-state index contributed by atoms with van der Waals surface area (Å²) in [5.41, 5.74) is 6.59. The maximum absolute atomic E-state index is 12.1. The summed E-state index contributed by atoms with van der Waals surface area (Å²) >= 11 is 11.9. The number of nitrogens with one attached hydrogen (secondary N) is 2. The Morgan fingerprint density at radius 1 is 1.29 bits per heavy atom. The van der Waals surface area contributed by atoms with Gasteiger partial charge < -0.3 is 4.98 Å². The second kappa shape index (κ2) is 6.33. The van der Waals surface area contributed by atoms with Crippen molar-refractivity contribution in [3.63, 3.8) is 0 Å². The van der Waals surface area contributed by atoms with Crippen LogP contribution in [0.4, 0.5) is 0 Å². The molecule has 0 aliphatic rings. The van der Waals surface area contributed by atoms with Crippen molar-refractivity contribution in [2.75, 3.05) is 0 Å². The monoisotopic (exact) mass is 323 g/mol. The van der Waals surface area contributed by atoms with Gasteiger partial charge in [0.2, 0.25) is 0 Å². The number of carbonyl (C=O) groups is 1. The number of halogens is 2. The van der Waals surface area contributed by atoms with E-state index in [1.807, 2.05) is 27.0 Å². The largest absolute Gasteiger partial charge is 0.364 e. The van der Waals surface area contributed by atoms with E-state index < -0.39 is 5.91 Å². The minimum Gasteiger partial charge on any atom is -0.364 e. The molecule has 2 rings (SSSR count). The van der Waals surface area contributed by atoms with Crippen LogP contribution in [0.3, 0.4) is 0 Å². The lowest BCUT2D eigenvalue weighted by Gasteiger charge is -2.05. The predicted octanol–water partition coefficient (Wildman–Crippen LogP) is 4.09. The molecule has 1 amide bonds. The number of hydrogen-bond donors (Lipinski definition) is 2. The van der Waals surface area contributed by atoms with E-state index in [0.29, 0.717) is 15.6 Å². The smallest absolute Gasteiger partial charge is 0.272 e. The molecule has 2 N–H and O–H groups in total. The van der Waals surface area contributed by atoms with Gasteiger partial charge in [-0.1, -0.05) is 23.2 Å². The number of H-pyrrole nitrogens is 1. The first-order valence-corrected chi connectivity index (χ1v) is 7.10. The van der Waals surface area contributed by atoms with Gasteiger partial charge in [-0.3, -0.25) is 4.79 Å². The molecular weight excluding hydrogens is 309 g/mol. The molecule has 0 saturated heterocycles. The first-order valence-electron chi connectivity index (χ1n) is 6.34. The molecule has 0 aliphatic carbocycles. The summed E-state index contributed by atoms with van der Waals surface area (Å²) in [6.07, 6.45) is 1.90. The number of carbonyl (C=O) groups excluding carboxylic acids is 1. The first kappa shape index (κ1) is 15.6. The van der Waals surface area contributed by atoms with E-state index in [4.69, 9.17) is 23.2 Å². The van der Waals surface area contributed by atoms with Crippen molar-refractivity contribution in [2.45, 2.75) is 20.8 Å². The molecular formula is C15H15Cl2N3O. The predicted molar refractivity (Wildman–Crippen MR) is 86.4 cm³/mol. The van der Waals surface area contributed by atoms with Gasteiger partial charge in [0.25, 0.3) is 5.91 Å². The number of benzene rings is 1. The second-order valence-electron chi connectivity index (χ2n) is 4.73. The Bertz CT molecular complexity index is 700. The fraction of sp³-hybridized carbons (Fsp3) is 0.200. The zero-order valence-electron chi connectivity index (χ0n) is 11.9. The molecule has 2 aromatic rings. The van der Waals surface area contributed by atoms with E-state index in [1.165, 1.54) is 6.07 Å². The lowest BCUT2D eigenvalue weighted by molar-refractivity contribution is 0.0955. The quantitative estimate of drug-likeness (QED) is 0.648. The van der Waals surface area contributed by atoms with E-state index in [1.54, 1.807) is 12.1 Å². The third-order valence-corrected chi connectivity index (χ3v) is 3.70. The highest BCUT2D eigenvalue weighted by molar-refractivity contribution is 6.35. The Morgan fingerprint density at radius 2 is 2.00 bits per heavy atom. The Morgan fingerprint density at radius 3 is 2.62 bits per heavy atom. The van der Waals surface area contributed by atoms with Crippen molar-refractivity contribution in [1.82, 2.24) is 10.4 Å². The highest BCUT2D eigenvalue weighted by Crippen LogP contribution is 2.20. The van der Waals surface area contributed by atoms with Crippen molar-refractivity contribution in [2.24, 2.45) is 5.10 Å². The van der Waals surface area contributed by atoms with Gasteiger partial charge in [0.1, 0.15) is 0 Å². The van der Waals surface area contributed by atoms with Gasteiger partial charge >= 0.3 is 0 Å². The third-order valence-electron chi connectivity index (χ3n) is 3.13. The molecule has 0 radical (unpaired) electrons. The van der Waals surface area contributed by atoms with Crippen LogP contribution in [0, 0.1) is 13.8 Å². The average Bonchev–Trinajstić information content (AvgIpc) is 2.78. The average molecular weight is 324 g/mol. The first-order chi connectivity index (χ1) is 9.90. The highest BCUT2D eigenvalue weighted by atomic mass is 35.5. The second-order valence-corrected chi connectivity index (χ2v) is 5.58. The Kier molecular flexibility index (Phi) is 4.70. The summed E-state index contributed by atoms with van der Waals surface area (Å²) < 4.78 is 0. The van der Waals surface area contributed by atoms with Crippen LogP contribution in [0.5, 0.6) is 0 Å². The topological polar surface area (TPSA) is 57.2 Å². The molecule has 1 aromatic heterocycles.